The highest BCUT2D eigenvalue weighted by atomic mass is 32.2. The number of hydrogen-bond acceptors (Lipinski definition) is 4. The molecule has 1 aliphatic heterocycles. The fourth-order valence-electron chi connectivity index (χ4n) is 5.54. The van der Waals surface area contributed by atoms with Crippen LogP contribution in [0.3, 0.4) is 0 Å². The fourth-order valence-corrected chi connectivity index (χ4v) is 7.03. The van der Waals surface area contributed by atoms with Crippen LogP contribution in [0.2, 0.25) is 0 Å². The molecule has 1 saturated carbocycles. The molecule has 4 rings (SSSR count). The molecule has 1 heterocycles. The summed E-state index contributed by atoms with van der Waals surface area (Å²) in [5, 5.41) is 13.9. The zero-order valence-electron chi connectivity index (χ0n) is 20.0. The minimum Gasteiger partial charge on any atom is -0.384 e. The topological polar surface area (TPSA) is 128 Å². The van der Waals surface area contributed by atoms with Crippen molar-refractivity contribution in [3.05, 3.63) is 60.2 Å². The van der Waals surface area contributed by atoms with E-state index in [2.05, 4.69) is 10.6 Å². The van der Waals surface area contributed by atoms with Crippen molar-refractivity contribution in [2.24, 2.45) is 11.7 Å². The number of nitrogens with one attached hydrogen (secondary N) is 3. The van der Waals surface area contributed by atoms with Gasteiger partial charge in [-0.2, -0.15) is 4.31 Å². The summed E-state index contributed by atoms with van der Waals surface area (Å²) in [5.74, 6) is 0.156. The summed E-state index contributed by atoms with van der Waals surface area (Å²) in [7, 11) is -3.51. The van der Waals surface area contributed by atoms with E-state index in [0.717, 1.165) is 38.5 Å². The van der Waals surface area contributed by atoms with Gasteiger partial charge in [0.15, 0.2) is 0 Å². The summed E-state index contributed by atoms with van der Waals surface area (Å²) >= 11 is 0. The van der Waals surface area contributed by atoms with Gasteiger partial charge in [-0.05, 0) is 55.9 Å². The molecule has 0 spiro atoms. The molecule has 2 amide bonds. The number of hydrogen-bond donors (Lipinski definition) is 4. The van der Waals surface area contributed by atoms with Gasteiger partial charge < -0.3 is 16.4 Å². The van der Waals surface area contributed by atoms with Gasteiger partial charge in [0.25, 0.3) is 0 Å². The molecule has 0 radical (unpaired) electrons. The van der Waals surface area contributed by atoms with E-state index in [-0.39, 0.29) is 23.3 Å². The lowest BCUT2D eigenvalue weighted by Crippen LogP contribution is -2.57. The van der Waals surface area contributed by atoms with E-state index in [0.29, 0.717) is 42.1 Å². The van der Waals surface area contributed by atoms with Crippen molar-refractivity contribution in [3.8, 4) is 0 Å². The number of carbonyl (C=O) groups is 1. The van der Waals surface area contributed by atoms with Crippen molar-refractivity contribution in [1.82, 2.24) is 9.62 Å². The van der Waals surface area contributed by atoms with E-state index in [9.17, 15) is 13.2 Å². The number of benzene rings is 2. The molecule has 0 atom stereocenters. The van der Waals surface area contributed by atoms with E-state index in [1.165, 1.54) is 0 Å². The maximum atomic E-state index is 13.1. The Kier molecular flexibility index (Phi) is 7.76. The third kappa shape index (κ3) is 5.85. The minimum absolute atomic E-state index is 0.0495. The van der Waals surface area contributed by atoms with Crippen molar-refractivity contribution in [1.29, 1.82) is 5.41 Å². The quantitative estimate of drug-likeness (QED) is 0.270. The van der Waals surface area contributed by atoms with Gasteiger partial charge in [-0.15, -0.1) is 0 Å². The van der Waals surface area contributed by atoms with Gasteiger partial charge in [-0.25, -0.2) is 13.2 Å². The standard InChI is InChI=1S/C26H35N5O3S/c27-24(28)20-9-8-10-22(19-20)29-25(32)30-26(15-6-1-2-7-16-26)21-13-17-31(18-14-21)35(33,34)23-11-4-3-5-12-23/h3-5,8-12,19,21H,1-2,6-7,13-18H2,(H3,27,28)(H2,29,30,32). The molecule has 35 heavy (non-hydrogen) atoms. The lowest BCUT2D eigenvalue weighted by Gasteiger charge is -2.45. The Morgan fingerprint density at radius 2 is 1.63 bits per heavy atom. The Morgan fingerprint density at radius 1 is 0.971 bits per heavy atom. The molecule has 0 aromatic heterocycles. The van der Waals surface area contributed by atoms with Gasteiger partial charge in [-0.3, -0.25) is 5.41 Å². The Morgan fingerprint density at radius 3 is 2.26 bits per heavy atom. The lowest BCUT2D eigenvalue weighted by atomic mass is 9.73. The second-order valence-electron chi connectivity index (χ2n) is 9.64. The maximum absolute atomic E-state index is 13.1. The molecule has 2 aliphatic rings. The highest BCUT2D eigenvalue weighted by molar-refractivity contribution is 7.89. The number of sulfonamides is 1. The van der Waals surface area contributed by atoms with Crippen LogP contribution in [-0.4, -0.2) is 43.2 Å². The van der Waals surface area contributed by atoms with Crippen LogP contribution in [-0.2, 0) is 10.0 Å². The molecule has 2 aromatic rings. The van der Waals surface area contributed by atoms with Gasteiger partial charge in [0.05, 0.1) is 4.90 Å². The van der Waals surface area contributed by atoms with Crippen LogP contribution in [0.4, 0.5) is 10.5 Å². The van der Waals surface area contributed by atoms with E-state index < -0.39 is 10.0 Å². The monoisotopic (exact) mass is 497 g/mol. The summed E-state index contributed by atoms with van der Waals surface area (Å²) in [6.45, 7) is 0.904. The predicted octanol–water partition coefficient (Wildman–Crippen LogP) is 4.29. The number of amidine groups is 1. The molecular weight excluding hydrogens is 462 g/mol. The first kappa shape index (κ1) is 25.2. The van der Waals surface area contributed by atoms with Crippen LogP contribution in [0.15, 0.2) is 59.5 Å². The normalized spacial score (nSPS) is 19.4. The van der Waals surface area contributed by atoms with E-state index in [1.807, 2.05) is 6.07 Å². The number of anilines is 1. The van der Waals surface area contributed by atoms with E-state index in [4.69, 9.17) is 11.1 Å². The van der Waals surface area contributed by atoms with Gasteiger partial charge in [0.2, 0.25) is 10.0 Å². The van der Waals surface area contributed by atoms with Crippen molar-refractivity contribution in [3.63, 3.8) is 0 Å². The smallest absolute Gasteiger partial charge is 0.319 e. The molecule has 0 bridgehead atoms. The average Bonchev–Trinajstić information content (AvgIpc) is 3.11. The summed E-state index contributed by atoms with van der Waals surface area (Å²) in [5.41, 5.74) is 6.37. The van der Waals surface area contributed by atoms with E-state index in [1.54, 1.807) is 52.8 Å². The SMILES string of the molecule is N=C(N)c1cccc(NC(=O)NC2(C3CCN(S(=O)(=O)c4ccccc4)CC3)CCCCCC2)c1. The Hall–Kier alpha value is -2.91. The number of nitrogens with zero attached hydrogens (tertiary/aromatic N) is 1. The molecule has 8 nitrogen and oxygen atoms in total. The van der Waals surface area contributed by atoms with Crippen molar-refractivity contribution in [2.75, 3.05) is 18.4 Å². The van der Waals surface area contributed by atoms with Crippen molar-refractivity contribution >= 4 is 27.6 Å². The zero-order chi connectivity index (χ0) is 24.9. The number of carbonyl (C=O) groups excluding carboxylic acids is 1. The third-order valence-corrected chi connectivity index (χ3v) is 9.32. The number of nitrogen functional groups attached to an aromatic ring is 1. The highest BCUT2D eigenvalue weighted by Crippen LogP contribution is 2.39. The first-order chi connectivity index (χ1) is 16.8. The molecule has 9 heteroatoms. The Labute approximate surface area is 207 Å². The molecule has 2 aromatic carbocycles. The summed E-state index contributed by atoms with van der Waals surface area (Å²) in [6, 6.07) is 15.3. The minimum atomic E-state index is -3.51. The summed E-state index contributed by atoms with van der Waals surface area (Å²) < 4.78 is 27.7. The highest BCUT2D eigenvalue weighted by Gasteiger charge is 2.43. The van der Waals surface area contributed by atoms with Crippen LogP contribution in [0, 0.1) is 11.3 Å². The molecule has 188 valence electrons. The molecule has 1 saturated heterocycles. The fraction of sp³-hybridized carbons (Fsp3) is 0.462. The molecule has 0 unspecified atom stereocenters. The van der Waals surface area contributed by atoms with Gasteiger partial charge >= 0.3 is 6.03 Å². The van der Waals surface area contributed by atoms with Crippen LogP contribution in [0.1, 0.15) is 56.9 Å². The first-order valence-corrected chi connectivity index (χ1v) is 13.8. The predicted molar refractivity (Wildman–Crippen MR) is 138 cm³/mol. The zero-order valence-corrected chi connectivity index (χ0v) is 20.8. The van der Waals surface area contributed by atoms with E-state index >= 15 is 0 Å². The van der Waals surface area contributed by atoms with Crippen LogP contribution < -0.4 is 16.4 Å². The van der Waals surface area contributed by atoms with Crippen LogP contribution in [0.5, 0.6) is 0 Å². The number of urea groups is 1. The average molecular weight is 498 g/mol. The number of rotatable bonds is 6. The summed E-state index contributed by atoms with van der Waals surface area (Å²) in [4.78, 5) is 13.4. The van der Waals surface area contributed by atoms with Gasteiger partial charge in [0, 0.05) is 29.9 Å². The molecular formula is C26H35N5O3S. The second-order valence-corrected chi connectivity index (χ2v) is 11.6. The number of piperidine rings is 1. The molecule has 5 N–H and O–H groups in total. The first-order valence-electron chi connectivity index (χ1n) is 12.4. The Balaban J connectivity index is 1.47. The molecule has 1 aliphatic carbocycles. The Bertz CT molecular complexity index is 1140. The number of nitrogens with two attached hydrogens (primary N) is 1. The summed E-state index contributed by atoms with van der Waals surface area (Å²) in [6.07, 6.45) is 7.59. The lowest BCUT2D eigenvalue weighted by molar-refractivity contribution is 0.130. The maximum Gasteiger partial charge on any atom is 0.319 e. The van der Waals surface area contributed by atoms with Crippen LogP contribution >= 0.6 is 0 Å². The van der Waals surface area contributed by atoms with Gasteiger partial charge in [0.1, 0.15) is 5.84 Å². The largest absolute Gasteiger partial charge is 0.384 e. The molecule has 2 fully saturated rings. The van der Waals surface area contributed by atoms with Crippen molar-refractivity contribution in [2.45, 2.75) is 61.8 Å². The number of amides is 2. The van der Waals surface area contributed by atoms with Crippen LogP contribution in [0.25, 0.3) is 0 Å². The van der Waals surface area contributed by atoms with Crippen molar-refractivity contribution < 1.29 is 13.2 Å². The third-order valence-electron chi connectivity index (χ3n) is 7.41. The van der Waals surface area contributed by atoms with Gasteiger partial charge in [-0.1, -0.05) is 56.0 Å². The second kappa shape index (κ2) is 10.8.